The lowest BCUT2D eigenvalue weighted by atomic mass is 10.1. The molecule has 0 saturated carbocycles. The van der Waals surface area contributed by atoms with Gasteiger partial charge in [-0.05, 0) is 24.6 Å². The maximum Gasteiger partial charge on any atom is 0.229 e. The molecule has 1 amide bonds. The topological polar surface area (TPSA) is 58.1 Å². The molecule has 4 heterocycles. The molecule has 3 aliphatic rings. The lowest BCUT2D eigenvalue weighted by Gasteiger charge is -2.33. The van der Waals surface area contributed by atoms with Gasteiger partial charge in [0.15, 0.2) is 0 Å². The molecule has 0 N–H and O–H groups in total. The van der Waals surface area contributed by atoms with Gasteiger partial charge in [0.1, 0.15) is 5.82 Å². The van der Waals surface area contributed by atoms with Gasteiger partial charge >= 0.3 is 0 Å². The molecule has 7 heteroatoms. The highest BCUT2D eigenvalue weighted by Crippen LogP contribution is 2.28. The van der Waals surface area contributed by atoms with Gasteiger partial charge < -0.3 is 19.3 Å². The minimum Gasteiger partial charge on any atom is -0.378 e. The van der Waals surface area contributed by atoms with Crippen LogP contribution in [-0.4, -0.2) is 86.4 Å². The SMILES string of the molecule is Cc1ccc2cc(CN3C[C@@H]4COC[C@H](C3)N(C)C4=O)c(N3CCOCC3)nc2c1. The number of ether oxygens (including phenoxy) is 2. The number of carbonyl (C=O) groups excluding carboxylic acids is 1. The molecule has 1 aromatic heterocycles. The Balaban J connectivity index is 1.49. The van der Waals surface area contributed by atoms with Crippen LogP contribution < -0.4 is 4.90 Å². The number of hydrogen-bond acceptors (Lipinski definition) is 6. The number of rotatable bonds is 3. The summed E-state index contributed by atoms with van der Waals surface area (Å²) in [6, 6.07) is 8.85. The zero-order valence-corrected chi connectivity index (χ0v) is 17.8. The molecule has 5 rings (SSSR count). The number of likely N-dealkylation sites (N-methyl/N-ethyl adjacent to an activating group) is 1. The smallest absolute Gasteiger partial charge is 0.229 e. The van der Waals surface area contributed by atoms with Crippen LogP contribution in [0, 0.1) is 12.8 Å². The first-order chi connectivity index (χ1) is 14.6. The van der Waals surface area contributed by atoms with E-state index in [4.69, 9.17) is 14.5 Å². The van der Waals surface area contributed by atoms with Crippen molar-refractivity contribution in [2.75, 3.05) is 64.6 Å². The van der Waals surface area contributed by atoms with Crippen LogP contribution in [0.15, 0.2) is 24.3 Å². The number of aryl methyl sites for hydroxylation is 1. The fourth-order valence-corrected chi connectivity index (χ4v) is 4.83. The predicted octanol–water partition coefficient (Wildman–Crippen LogP) is 1.67. The predicted molar refractivity (Wildman–Crippen MR) is 116 cm³/mol. The zero-order valence-electron chi connectivity index (χ0n) is 17.8. The Kier molecular flexibility index (Phi) is 5.35. The highest BCUT2D eigenvalue weighted by atomic mass is 16.5. The van der Waals surface area contributed by atoms with Crippen LogP contribution in [0.4, 0.5) is 5.82 Å². The molecule has 1 aromatic carbocycles. The van der Waals surface area contributed by atoms with Crippen molar-refractivity contribution in [1.82, 2.24) is 14.8 Å². The highest BCUT2D eigenvalue weighted by molar-refractivity contribution is 5.83. The second-order valence-electron chi connectivity index (χ2n) is 8.80. The summed E-state index contributed by atoms with van der Waals surface area (Å²) in [5.74, 6) is 1.17. The number of benzene rings is 1. The van der Waals surface area contributed by atoms with Crippen LogP contribution in [0.25, 0.3) is 10.9 Å². The van der Waals surface area contributed by atoms with Gasteiger partial charge in [-0.25, -0.2) is 4.98 Å². The van der Waals surface area contributed by atoms with Gasteiger partial charge in [0.2, 0.25) is 5.91 Å². The van der Waals surface area contributed by atoms with Crippen LogP contribution in [0.5, 0.6) is 0 Å². The molecule has 2 bridgehead atoms. The summed E-state index contributed by atoms with van der Waals surface area (Å²) in [6.45, 7) is 8.76. The third kappa shape index (κ3) is 3.77. The number of morpholine rings is 1. The summed E-state index contributed by atoms with van der Waals surface area (Å²) < 4.78 is 11.3. The molecule has 3 aliphatic heterocycles. The highest BCUT2D eigenvalue weighted by Gasteiger charge is 2.37. The van der Waals surface area contributed by atoms with Crippen molar-refractivity contribution in [3.63, 3.8) is 0 Å². The molecule has 2 atom stereocenters. The average molecular weight is 411 g/mol. The quantitative estimate of drug-likeness (QED) is 0.767. The van der Waals surface area contributed by atoms with Crippen molar-refractivity contribution in [3.05, 3.63) is 35.4 Å². The fraction of sp³-hybridized carbons (Fsp3) is 0.565. The van der Waals surface area contributed by atoms with E-state index < -0.39 is 0 Å². The summed E-state index contributed by atoms with van der Waals surface area (Å²) in [6.07, 6.45) is 0. The van der Waals surface area contributed by atoms with E-state index in [9.17, 15) is 4.79 Å². The lowest BCUT2D eigenvalue weighted by Crippen LogP contribution is -2.43. The molecule has 0 aliphatic carbocycles. The third-order valence-corrected chi connectivity index (χ3v) is 6.56. The standard InChI is InChI=1S/C23H30N4O3/c1-16-3-4-17-10-18(22(24-21(17)9-16)27-5-7-29-8-6-27)11-26-12-19-14-30-15-20(13-26)25(2)23(19)28/h3-4,9-10,19-20H,5-8,11-15H2,1-2H3/t19-,20+/m1/s1. The van der Waals surface area contributed by atoms with Crippen molar-refractivity contribution in [2.24, 2.45) is 5.92 Å². The minimum atomic E-state index is -0.0922. The Bertz CT molecular complexity index is 943. The normalized spacial score (nSPS) is 25.6. The molecule has 0 unspecified atom stereocenters. The van der Waals surface area contributed by atoms with Crippen LogP contribution in [0.3, 0.4) is 0 Å². The summed E-state index contributed by atoms with van der Waals surface area (Å²) in [4.78, 5) is 24.5. The molecule has 0 spiro atoms. The van der Waals surface area contributed by atoms with Crippen LogP contribution in [-0.2, 0) is 20.8 Å². The Morgan fingerprint density at radius 3 is 2.77 bits per heavy atom. The van der Waals surface area contributed by atoms with E-state index >= 15 is 0 Å². The van der Waals surface area contributed by atoms with Crippen molar-refractivity contribution in [3.8, 4) is 0 Å². The molecule has 160 valence electrons. The number of nitrogens with zero attached hydrogens (tertiary/aromatic N) is 4. The minimum absolute atomic E-state index is 0.0922. The van der Waals surface area contributed by atoms with Gasteiger partial charge in [-0.15, -0.1) is 0 Å². The summed E-state index contributed by atoms with van der Waals surface area (Å²) in [5.41, 5.74) is 3.48. The molecule has 0 radical (unpaired) electrons. The van der Waals surface area contributed by atoms with E-state index in [-0.39, 0.29) is 17.9 Å². The third-order valence-electron chi connectivity index (χ3n) is 6.56. The number of anilines is 1. The second-order valence-corrected chi connectivity index (χ2v) is 8.80. The van der Waals surface area contributed by atoms with Crippen molar-refractivity contribution < 1.29 is 14.3 Å². The van der Waals surface area contributed by atoms with Gasteiger partial charge in [0.05, 0.1) is 43.9 Å². The molecule has 2 aromatic rings. The van der Waals surface area contributed by atoms with E-state index in [1.165, 1.54) is 16.5 Å². The van der Waals surface area contributed by atoms with E-state index in [1.54, 1.807) is 0 Å². The molecule has 30 heavy (non-hydrogen) atoms. The van der Waals surface area contributed by atoms with E-state index in [0.29, 0.717) is 13.2 Å². The number of aromatic nitrogens is 1. The van der Waals surface area contributed by atoms with Gasteiger partial charge in [-0.1, -0.05) is 12.1 Å². The molecular formula is C23H30N4O3. The number of fused-ring (bicyclic) bond motifs is 4. The second kappa shape index (κ2) is 8.13. The zero-order chi connectivity index (χ0) is 20.7. The van der Waals surface area contributed by atoms with Crippen LogP contribution in [0.1, 0.15) is 11.1 Å². The maximum absolute atomic E-state index is 12.7. The maximum atomic E-state index is 12.7. The van der Waals surface area contributed by atoms with E-state index in [0.717, 1.165) is 57.3 Å². The summed E-state index contributed by atoms with van der Waals surface area (Å²) in [7, 11) is 1.91. The average Bonchev–Trinajstić information content (AvgIpc) is 2.93. The first kappa shape index (κ1) is 19.7. The first-order valence-corrected chi connectivity index (χ1v) is 10.9. The van der Waals surface area contributed by atoms with E-state index in [1.807, 2.05) is 11.9 Å². The Morgan fingerprint density at radius 2 is 1.93 bits per heavy atom. The molecular weight excluding hydrogens is 380 g/mol. The number of hydrogen-bond donors (Lipinski definition) is 0. The first-order valence-electron chi connectivity index (χ1n) is 10.9. The Labute approximate surface area is 177 Å². The number of amides is 1. The van der Waals surface area contributed by atoms with Crippen LogP contribution in [0.2, 0.25) is 0 Å². The fourth-order valence-electron chi connectivity index (χ4n) is 4.83. The number of carbonyl (C=O) groups is 1. The molecule has 3 saturated heterocycles. The van der Waals surface area contributed by atoms with Gasteiger partial charge in [0, 0.05) is 50.7 Å². The van der Waals surface area contributed by atoms with Crippen molar-refractivity contribution >= 4 is 22.6 Å². The Morgan fingerprint density at radius 1 is 1.10 bits per heavy atom. The van der Waals surface area contributed by atoms with Crippen LogP contribution >= 0.6 is 0 Å². The monoisotopic (exact) mass is 410 g/mol. The summed E-state index contributed by atoms with van der Waals surface area (Å²) in [5, 5.41) is 1.17. The van der Waals surface area contributed by atoms with Gasteiger partial charge in [-0.2, -0.15) is 0 Å². The number of pyridine rings is 1. The van der Waals surface area contributed by atoms with Gasteiger partial charge in [-0.3, -0.25) is 9.69 Å². The van der Waals surface area contributed by atoms with E-state index in [2.05, 4.69) is 41.0 Å². The van der Waals surface area contributed by atoms with Crippen molar-refractivity contribution in [2.45, 2.75) is 19.5 Å². The molecule has 7 nitrogen and oxygen atoms in total. The lowest BCUT2D eigenvalue weighted by molar-refractivity contribution is -0.133. The summed E-state index contributed by atoms with van der Waals surface area (Å²) >= 11 is 0. The Hall–Kier alpha value is -2.22. The largest absolute Gasteiger partial charge is 0.378 e. The van der Waals surface area contributed by atoms with Crippen molar-refractivity contribution in [1.29, 1.82) is 0 Å². The molecule has 3 fully saturated rings. The van der Waals surface area contributed by atoms with Gasteiger partial charge in [0.25, 0.3) is 0 Å².